The molecule has 0 radical (unpaired) electrons. The molecule has 114 valence electrons. The third-order valence-electron chi connectivity index (χ3n) is 4.50. The first-order chi connectivity index (χ1) is 10.1. The number of hydrogen-bond donors (Lipinski definition) is 1. The number of carbonyl (C=O) groups is 1. The van der Waals surface area contributed by atoms with Crippen molar-refractivity contribution in [2.75, 3.05) is 0 Å². The van der Waals surface area contributed by atoms with Crippen molar-refractivity contribution >= 4 is 35.1 Å². The highest BCUT2D eigenvalue weighted by Crippen LogP contribution is 2.43. The number of amides is 1. The summed E-state index contributed by atoms with van der Waals surface area (Å²) in [5, 5.41) is 3.08. The maximum Gasteiger partial charge on any atom is 0.257 e. The Bertz CT molecular complexity index is 588. The van der Waals surface area contributed by atoms with E-state index in [0.29, 0.717) is 0 Å². The zero-order valence-electron chi connectivity index (χ0n) is 13.0. The number of nitrogens with one attached hydrogen (secondary N) is 1. The van der Waals surface area contributed by atoms with Gasteiger partial charge in [-0.1, -0.05) is 13.8 Å². The zero-order chi connectivity index (χ0) is 15.0. The Hall–Kier alpha value is -0.740. The Morgan fingerprint density at radius 1 is 1.48 bits per heavy atom. The van der Waals surface area contributed by atoms with Crippen molar-refractivity contribution in [3.8, 4) is 0 Å². The highest BCUT2D eigenvalue weighted by Gasteiger charge is 2.26. The summed E-state index contributed by atoms with van der Waals surface area (Å²) in [4.78, 5) is 16.1. The Labute approximate surface area is 135 Å². The second kappa shape index (κ2) is 6.17. The fraction of sp³-hybridized carbons (Fsp3) is 0.588. The maximum atomic E-state index is 12.3. The number of thiophene rings is 1. The Morgan fingerprint density at radius 3 is 3.05 bits per heavy atom. The molecule has 1 N–H and O–H groups in total. The third kappa shape index (κ3) is 3.07. The van der Waals surface area contributed by atoms with Crippen molar-refractivity contribution in [3.63, 3.8) is 0 Å². The standard InChI is InChI=1S/C17H23NOS2/c1-4-11(3)18-17(19)16-8-15-13(9-20-16)12-6-5-10(2)7-14(12)21-15/h8,10-11H,4-7,9H2,1-3H3,(H,18,19). The molecule has 0 saturated carbocycles. The molecule has 21 heavy (non-hydrogen) atoms. The normalized spacial score (nSPS) is 22.0. The fourth-order valence-corrected chi connectivity index (χ4v) is 5.61. The lowest BCUT2D eigenvalue weighted by Crippen LogP contribution is -2.32. The maximum absolute atomic E-state index is 12.3. The molecule has 2 atom stereocenters. The van der Waals surface area contributed by atoms with Gasteiger partial charge in [-0.2, -0.15) is 0 Å². The molecule has 2 unspecified atom stereocenters. The van der Waals surface area contributed by atoms with E-state index in [1.807, 2.05) is 11.3 Å². The molecule has 2 nitrogen and oxygen atoms in total. The zero-order valence-corrected chi connectivity index (χ0v) is 14.6. The summed E-state index contributed by atoms with van der Waals surface area (Å²) in [6.45, 7) is 6.50. The van der Waals surface area contributed by atoms with E-state index < -0.39 is 0 Å². The van der Waals surface area contributed by atoms with E-state index in [1.54, 1.807) is 22.2 Å². The van der Waals surface area contributed by atoms with Gasteiger partial charge < -0.3 is 5.32 Å². The van der Waals surface area contributed by atoms with Gasteiger partial charge in [-0.25, -0.2) is 0 Å². The molecule has 0 bridgehead atoms. The molecule has 0 fully saturated rings. The molecule has 2 heterocycles. The molecule has 1 aromatic heterocycles. The van der Waals surface area contributed by atoms with Crippen molar-refractivity contribution in [1.82, 2.24) is 5.32 Å². The molecule has 0 spiro atoms. The first kappa shape index (κ1) is 15.2. The number of thioether (sulfide) groups is 1. The van der Waals surface area contributed by atoms with Crippen molar-refractivity contribution in [2.45, 2.75) is 58.2 Å². The van der Waals surface area contributed by atoms with Gasteiger partial charge in [-0.15, -0.1) is 23.1 Å². The molecule has 3 rings (SSSR count). The van der Waals surface area contributed by atoms with Gasteiger partial charge in [0.2, 0.25) is 0 Å². The molecular weight excluding hydrogens is 298 g/mol. The summed E-state index contributed by atoms with van der Waals surface area (Å²) in [6.07, 6.45) is 6.85. The minimum absolute atomic E-state index is 0.0970. The van der Waals surface area contributed by atoms with Gasteiger partial charge in [0.1, 0.15) is 0 Å². The van der Waals surface area contributed by atoms with Crippen LogP contribution in [0.1, 0.15) is 54.5 Å². The summed E-state index contributed by atoms with van der Waals surface area (Å²) < 4.78 is 0. The van der Waals surface area contributed by atoms with Gasteiger partial charge in [0, 0.05) is 21.5 Å². The van der Waals surface area contributed by atoms with Crippen LogP contribution in [0.2, 0.25) is 0 Å². The molecule has 1 amide bonds. The van der Waals surface area contributed by atoms with Crippen molar-refractivity contribution in [3.05, 3.63) is 25.8 Å². The number of hydrogen-bond acceptors (Lipinski definition) is 3. The molecule has 4 heteroatoms. The lowest BCUT2D eigenvalue weighted by atomic mass is 9.88. The first-order valence-electron chi connectivity index (χ1n) is 7.87. The Kier molecular flexibility index (Phi) is 4.46. The van der Waals surface area contributed by atoms with Gasteiger partial charge in [0.05, 0.1) is 4.91 Å². The molecule has 1 aliphatic heterocycles. The van der Waals surface area contributed by atoms with Crippen LogP contribution in [0.3, 0.4) is 0 Å². The average Bonchev–Trinajstić information content (AvgIpc) is 2.83. The second-order valence-electron chi connectivity index (χ2n) is 6.27. The van der Waals surface area contributed by atoms with E-state index >= 15 is 0 Å². The van der Waals surface area contributed by atoms with Crippen molar-refractivity contribution in [1.29, 1.82) is 0 Å². The van der Waals surface area contributed by atoms with Crippen LogP contribution in [-0.2, 0) is 23.4 Å². The largest absolute Gasteiger partial charge is 0.349 e. The van der Waals surface area contributed by atoms with Crippen LogP contribution in [0, 0.1) is 5.92 Å². The predicted molar refractivity (Wildman–Crippen MR) is 92.7 cm³/mol. The minimum atomic E-state index is 0.0970. The van der Waals surface area contributed by atoms with E-state index in [1.165, 1.54) is 29.7 Å². The molecule has 0 saturated heterocycles. The summed E-state index contributed by atoms with van der Waals surface area (Å²) in [6, 6.07) is 0.248. The van der Waals surface area contributed by atoms with Crippen LogP contribution < -0.4 is 5.32 Å². The van der Waals surface area contributed by atoms with E-state index in [2.05, 4.69) is 32.2 Å². The van der Waals surface area contributed by atoms with Crippen LogP contribution in [0.15, 0.2) is 4.91 Å². The predicted octanol–water partition coefficient (Wildman–Crippen LogP) is 4.38. The van der Waals surface area contributed by atoms with Gasteiger partial charge in [-0.05, 0) is 55.7 Å². The van der Waals surface area contributed by atoms with Crippen LogP contribution in [0.25, 0.3) is 6.08 Å². The third-order valence-corrected chi connectivity index (χ3v) is 6.79. The topological polar surface area (TPSA) is 29.1 Å². The number of rotatable bonds is 3. The smallest absolute Gasteiger partial charge is 0.257 e. The average molecular weight is 322 g/mol. The second-order valence-corrected chi connectivity index (χ2v) is 8.43. The SMILES string of the molecule is CCC(C)NC(=O)C1=Cc2sc3c(c2CS1)CCC(C)C3. The summed E-state index contributed by atoms with van der Waals surface area (Å²) in [5.41, 5.74) is 3.10. The van der Waals surface area contributed by atoms with Gasteiger partial charge in [0.15, 0.2) is 0 Å². The number of carbonyl (C=O) groups excluding carboxylic acids is 1. The highest BCUT2D eigenvalue weighted by molar-refractivity contribution is 8.03. The van der Waals surface area contributed by atoms with Crippen LogP contribution >= 0.6 is 23.1 Å². The summed E-state index contributed by atoms with van der Waals surface area (Å²) in [5.74, 6) is 1.87. The van der Waals surface area contributed by atoms with Crippen molar-refractivity contribution < 1.29 is 4.79 Å². The molecule has 1 aliphatic carbocycles. The molecule has 2 aliphatic rings. The highest BCUT2D eigenvalue weighted by atomic mass is 32.2. The quantitative estimate of drug-likeness (QED) is 0.895. The number of fused-ring (bicyclic) bond motifs is 3. The molecule has 0 aromatic carbocycles. The lowest BCUT2D eigenvalue weighted by Gasteiger charge is -2.20. The van der Waals surface area contributed by atoms with Gasteiger partial charge in [-0.3, -0.25) is 4.79 Å². The van der Waals surface area contributed by atoms with Crippen LogP contribution in [0.4, 0.5) is 0 Å². The first-order valence-corrected chi connectivity index (χ1v) is 9.67. The fourth-order valence-electron chi connectivity index (χ4n) is 2.95. The van der Waals surface area contributed by atoms with E-state index in [4.69, 9.17) is 0 Å². The Balaban J connectivity index is 1.83. The molecular formula is C17H23NOS2. The van der Waals surface area contributed by atoms with E-state index in [9.17, 15) is 4.79 Å². The lowest BCUT2D eigenvalue weighted by molar-refractivity contribution is -0.117. The minimum Gasteiger partial charge on any atom is -0.349 e. The Morgan fingerprint density at radius 2 is 2.29 bits per heavy atom. The summed E-state index contributed by atoms with van der Waals surface area (Å²) in [7, 11) is 0. The summed E-state index contributed by atoms with van der Waals surface area (Å²) >= 11 is 3.62. The van der Waals surface area contributed by atoms with Gasteiger partial charge >= 0.3 is 0 Å². The van der Waals surface area contributed by atoms with Crippen molar-refractivity contribution in [2.24, 2.45) is 5.92 Å². The monoisotopic (exact) mass is 321 g/mol. The van der Waals surface area contributed by atoms with Crippen LogP contribution in [-0.4, -0.2) is 11.9 Å². The van der Waals surface area contributed by atoms with Gasteiger partial charge in [0.25, 0.3) is 5.91 Å². The molecule has 1 aromatic rings. The van der Waals surface area contributed by atoms with E-state index in [0.717, 1.165) is 23.0 Å². The van der Waals surface area contributed by atoms with Crippen LogP contribution in [0.5, 0.6) is 0 Å². The van der Waals surface area contributed by atoms with E-state index in [-0.39, 0.29) is 11.9 Å².